The third-order valence-electron chi connectivity index (χ3n) is 6.13. The molecular weight excluding hydrogens is 366 g/mol. The van der Waals surface area contributed by atoms with Crippen LogP contribution < -0.4 is 5.43 Å². The van der Waals surface area contributed by atoms with Gasteiger partial charge in [-0.2, -0.15) is 11.8 Å². The van der Waals surface area contributed by atoms with E-state index >= 15 is 0 Å². The van der Waals surface area contributed by atoms with Crippen LogP contribution >= 0.6 is 11.8 Å². The third-order valence-corrected chi connectivity index (χ3v) is 8.64. The maximum absolute atomic E-state index is 11.7. The van der Waals surface area contributed by atoms with E-state index < -0.39 is 9.84 Å². The first-order valence-electron chi connectivity index (χ1n) is 9.57. The van der Waals surface area contributed by atoms with Crippen molar-refractivity contribution in [1.82, 2.24) is 15.3 Å². The molecule has 0 bridgehead atoms. The fraction of sp³-hybridized carbons (Fsp3) is 0.684. The molecule has 4 unspecified atom stereocenters. The minimum absolute atomic E-state index is 0.350. The summed E-state index contributed by atoms with van der Waals surface area (Å²) in [5, 5.41) is 3.23. The summed E-state index contributed by atoms with van der Waals surface area (Å²) in [6, 6.07) is 7.85. The first-order valence-corrected chi connectivity index (χ1v) is 12.5. The number of benzene rings is 1. The molecule has 3 fully saturated rings. The van der Waals surface area contributed by atoms with E-state index in [0.717, 1.165) is 24.8 Å². The fourth-order valence-electron chi connectivity index (χ4n) is 4.77. The number of hydrogen-bond donors (Lipinski definition) is 1. The molecule has 4 rings (SSSR count). The molecule has 3 aliphatic rings. The maximum Gasteiger partial charge on any atom is 0.175 e. The van der Waals surface area contributed by atoms with E-state index in [1.54, 1.807) is 12.1 Å². The van der Waals surface area contributed by atoms with Crippen molar-refractivity contribution in [2.45, 2.75) is 48.0 Å². The van der Waals surface area contributed by atoms with Gasteiger partial charge >= 0.3 is 0 Å². The highest BCUT2D eigenvalue weighted by atomic mass is 32.2. The monoisotopic (exact) mass is 395 g/mol. The molecule has 5 nitrogen and oxygen atoms in total. The highest BCUT2D eigenvalue weighted by molar-refractivity contribution is 8.00. The number of nitrogens with zero attached hydrogens (tertiary/aromatic N) is 2. The number of hydrazine groups is 1. The van der Waals surface area contributed by atoms with Crippen molar-refractivity contribution < 1.29 is 8.42 Å². The van der Waals surface area contributed by atoms with E-state index in [-0.39, 0.29) is 0 Å². The van der Waals surface area contributed by atoms with Gasteiger partial charge in [0.1, 0.15) is 0 Å². The molecule has 0 saturated carbocycles. The summed E-state index contributed by atoms with van der Waals surface area (Å²) in [6.45, 7) is 2.20. The van der Waals surface area contributed by atoms with Crippen molar-refractivity contribution >= 4 is 21.6 Å². The minimum Gasteiger partial charge on any atom is -0.283 e. The van der Waals surface area contributed by atoms with E-state index in [2.05, 4.69) is 34.1 Å². The van der Waals surface area contributed by atoms with Gasteiger partial charge in [-0.15, -0.1) is 0 Å². The summed E-state index contributed by atoms with van der Waals surface area (Å²) in [5.74, 6) is 1.98. The molecule has 26 heavy (non-hydrogen) atoms. The lowest BCUT2D eigenvalue weighted by molar-refractivity contribution is -0.0135. The van der Waals surface area contributed by atoms with Crippen LogP contribution in [-0.2, 0) is 9.84 Å². The van der Waals surface area contributed by atoms with E-state index in [0.29, 0.717) is 23.0 Å². The third kappa shape index (κ3) is 3.69. The molecule has 7 heteroatoms. The van der Waals surface area contributed by atoms with E-state index in [4.69, 9.17) is 0 Å². The Hall–Kier alpha value is -0.600. The maximum atomic E-state index is 11.7. The summed E-state index contributed by atoms with van der Waals surface area (Å²) in [7, 11) is -0.904. The summed E-state index contributed by atoms with van der Waals surface area (Å²) in [6.07, 6.45) is 6.73. The fourth-order valence-corrected chi connectivity index (χ4v) is 6.67. The molecule has 3 heterocycles. The molecule has 0 amide bonds. The Kier molecular flexibility index (Phi) is 5.36. The molecule has 3 aliphatic heterocycles. The van der Waals surface area contributed by atoms with Crippen LogP contribution in [0, 0.1) is 5.92 Å². The van der Waals surface area contributed by atoms with Crippen molar-refractivity contribution in [3.63, 3.8) is 0 Å². The lowest BCUT2D eigenvalue weighted by Gasteiger charge is -2.44. The predicted molar refractivity (Wildman–Crippen MR) is 107 cm³/mol. The average molecular weight is 396 g/mol. The van der Waals surface area contributed by atoms with Gasteiger partial charge in [-0.05, 0) is 56.2 Å². The summed E-state index contributed by atoms with van der Waals surface area (Å²) in [5.41, 5.74) is 4.88. The van der Waals surface area contributed by atoms with Gasteiger partial charge in [0.25, 0.3) is 0 Å². The molecule has 0 aliphatic carbocycles. The van der Waals surface area contributed by atoms with Gasteiger partial charge < -0.3 is 0 Å². The van der Waals surface area contributed by atoms with Gasteiger partial charge in [0.15, 0.2) is 9.84 Å². The molecule has 4 atom stereocenters. The second-order valence-corrected chi connectivity index (χ2v) is 11.3. The van der Waals surface area contributed by atoms with Crippen molar-refractivity contribution in [2.75, 3.05) is 32.1 Å². The van der Waals surface area contributed by atoms with Gasteiger partial charge in [0.05, 0.1) is 11.1 Å². The number of nitrogens with one attached hydrogen (secondary N) is 1. The topological polar surface area (TPSA) is 52.7 Å². The smallest absolute Gasteiger partial charge is 0.175 e. The quantitative estimate of drug-likeness (QED) is 0.845. The molecule has 0 radical (unpaired) electrons. The number of sulfone groups is 1. The van der Waals surface area contributed by atoms with Gasteiger partial charge in [0.2, 0.25) is 0 Å². The number of thioether (sulfide) groups is 1. The Labute approximate surface area is 161 Å². The number of likely N-dealkylation sites (tertiary alicyclic amines) is 1. The van der Waals surface area contributed by atoms with Crippen molar-refractivity contribution in [2.24, 2.45) is 5.92 Å². The Morgan fingerprint density at radius 3 is 2.62 bits per heavy atom. The lowest BCUT2D eigenvalue weighted by Crippen LogP contribution is -2.53. The molecule has 1 aromatic rings. The lowest BCUT2D eigenvalue weighted by atomic mass is 9.87. The van der Waals surface area contributed by atoms with E-state index in [1.807, 2.05) is 12.1 Å². The number of fused-ring (bicyclic) bond motifs is 1. The minimum atomic E-state index is -3.13. The zero-order valence-corrected chi connectivity index (χ0v) is 17.2. The Morgan fingerprint density at radius 1 is 1.19 bits per heavy atom. The SMILES string of the molecule is CN1C(c2ccc(S(C)(=O)=O)cc2)CCC2CNN(CC3CCCS3)C21. The Balaban J connectivity index is 1.50. The largest absolute Gasteiger partial charge is 0.283 e. The van der Waals surface area contributed by atoms with E-state index in [1.165, 1.54) is 36.8 Å². The zero-order valence-electron chi connectivity index (χ0n) is 15.6. The average Bonchev–Trinajstić information content (AvgIpc) is 3.25. The number of rotatable bonds is 4. The van der Waals surface area contributed by atoms with Gasteiger partial charge in [-0.25, -0.2) is 13.4 Å². The van der Waals surface area contributed by atoms with Crippen molar-refractivity contribution in [3.8, 4) is 0 Å². The van der Waals surface area contributed by atoms with Crippen LogP contribution in [0.3, 0.4) is 0 Å². The Morgan fingerprint density at radius 2 is 1.96 bits per heavy atom. The number of piperidine rings is 1. The van der Waals surface area contributed by atoms with Gasteiger partial charge in [-0.3, -0.25) is 10.3 Å². The molecule has 0 aromatic heterocycles. The van der Waals surface area contributed by atoms with Crippen LogP contribution in [-0.4, -0.2) is 61.9 Å². The van der Waals surface area contributed by atoms with Crippen LogP contribution in [0.5, 0.6) is 0 Å². The van der Waals surface area contributed by atoms with Crippen LogP contribution in [0.2, 0.25) is 0 Å². The first-order chi connectivity index (χ1) is 12.4. The molecule has 0 spiro atoms. The molecule has 1 aromatic carbocycles. The highest BCUT2D eigenvalue weighted by Crippen LogP contribution is 2.40. The van der Waals surface area contributed by atoms with Crippen LogP contribution in [0.25, 0.3) is 0 Å². The zero-order chi connectivity index (χ0) is 18.3. The molecule has 1 N–H and O–H groups in total. The van der Waals surface area contributed by atoms with Crippen LogP contribution in [0.1, 0.15) is 37.3 Å². The van der Waals surface area contributed by atoms with Crippen LogP contribution in [0.15, 0.2) is 29.2 Å². The summed E-state index contributed by atoms with van der Waals surface area (Å²) < 4.78 is 23.4. The molecule has 3 saturated heterocycles. The normalized spacial score (nSPS) is 33.5. The Bertz CT molecular complexity index is 732. The van der Waals surface area contributed by atoms with Crippen molar-refractivity contribution in [1.29, 1.82) is 0 Å². The highest BCUT2D eigenvalue weighted by Gasteiger charge is 2.43. The second kappa shape index (κ2) is 7.43. The summed E-state index contributed by atoms with van der Waals surface area (Å²) in [4.78, 5) is 2.91. The van der Waals surface area contributed by atoms with Gasteiger partial charge in [-0.1, -0.05) is 12.1 Å². The van der Waals surface area contributed by atoms with E-state index in [9.17, 15) is 8.42 Å². The van der Waals surface area contributed by atoms with Crippen molar-refractivity contribution in [3.05, 3.63) is 29.8 Å². The summed E-state index contributed by atoms with van der Waals surface area (Å²) >= 11 is 2.11. The second-order valence-electron chi connectivity index (χ2n) is 7.92. The van der Waals surface area contributed by atoms with Gasteiger partial charge in [0, 0.05) is 36.6 Å². The number of hydrogen-bond acceptors (Lipinski definition) is 6. The first kappa shape index (κ1) is 18.7. The van der Waals surface area contributed by atoms with Crippen LogP contribution in [0.4, 0.5) is 0 Å². The standard InChI is InChI=1S/C19H29N3O2S2/c1-21-18(14-5-8-17(9-6-14)26(2,23)24)10-7-15-12-20-22(19(15)21)13-16-4-3-11-25-16/h5-6,8-9,15-16,18-20H,3-4,7,10-13H2,1-2H3. The molecular formula is C19H29N3O2S2. The molecule has 144 valence electrons. The predicted octanol–water partition coefficient (Wildman–Crippen LogP) is 2.51.